The topological polar surface area (TPSA) is 38.0 Å². The Morgan fingerprint density at radius 3 is 2.75 bits per heavy atom. The van der Waals surface area contributed by atoms with Crippen LogP contribution in [0.2, 0.25) is 0 Å². The fraction of sp³-hybridized carbons (Fsp3) is 0.471. The zero-order chi connectivity index (χ0) is 14.1. The van der Waals surface area contributed by atoms with Gasteiger partial charge in [0.25, 0.3) is 0 Å². The van der Waals surface area contributed by atoms with Crippen molar-refractivity contribution in [1.29, 1.82) is 0 Å². The average Bonchev–Trinajstić information content (AvgIpc) is 2.77. The van der Waals surface area contributed by atoms with Crippen LogP contribution in [0.25, 0.3) is 0 Å². The average molecular weight is 270 g/mol. The summed E-state index contributed by atoms with van der Waals surface area (Å²) in [5.74, 6) is 0.694. The molecular weight excluding hydrogens is 248 g/mol. The Bertz CT molecular complexity index is 599. The Morgan fingerprint density at radius 1 is 1.35 bits per heavy atom. The van der Waals surface area contributed by atoms with Crippen LogP contribution in [0.5, 0.6) is 0 Å². The number of hydrogen-bond donors (Lipinski definition) is 1. The van der Waals surface area contributed by atoms with E-state index >= 15 is 0 Å². The summed E-state index contributed by atoms with van der Waals surface area (Å²) in [6.45, 7) is 2.08. The van der Waals surface area contributed by atoms with E-state index in [9.17, 15) is 5.11 Å². The first-order valence-electron chi connectivity index (χ1n) is 7.49. The molecule has 1 aliphatic carbocycles. The van der Waals surface area contributed by atoms with Crippen LogP contribution < -0.4 is 0 Å². The largest absolute Gasteiger partial charge is 0.382 e. The van der Waals surface area contributed by atoms with E-state index in [1.165, 1.54) is 24.8 Å². The van der Waals surface area contributed by atoms with Crippen molar-refractivity contribution in [1.82, 2.24) is 9.78 Å². The van der Waals surface area contributed by atoms with Crippen LogP contribution in [0.15, 0.2) is 30.3 Å². The lowest BCUT2D eigenvalue weighted by molar-refractivity contribution is 0.209. The number of hydrogen-bond acceptors (Lipinski definition) is 2. The monoisotopic (exact) mass is 270 g/mol. The van der Waals surface area contributed by atoms with Gasteiger partial charge in [0.05, 0.1) is 11.4 Å². The fourth-order valence-electron chi connectivity index (χ4n) is 2.87. The van der Waals surface area contributed by atoms with Crippen LogP contribution in [0.3, 0.4) is 0 Å². The van der Waals surface area contributed by atoms with Crippen molar-refractivity contribution < 1.29 is 5.11 Å². The molecule has 0 saturated heterocycles. The molecule has 1 aromatic carbocycles. The van der Waals surface area contributed by atoms with E-state index in [-0.39, 0.29) is 0 Å². The van der Waals surface area contributed by atoms with Crippen molar-refractivity contribution in [3.05, 3.63) is 52.8 Å². The highest BCUT2D eigenvalue weighted by molar-refractivity contribution is 5.33. The highest BCUT2D eigenvalue weighted by atomic mass is 16.3. The summed E-state index contributed by atoms with van der Waals surface area (Å²) in [5, 5.41) is 15.0. The number of aliphatic hydroxyl groups excluding tert-OH is 1. The molecule has 0 spiro atoms. The molecule has 0 radical (unpaired) electrons. The molecule has 1 N–H and O–H groups in total. The molecule has 1 atom stereocenters. The van der Waals surface area contributed by atoms with Crippen molar-refractivity contribution in [3.63, 3.8) is 0 Å². The molecule has 20 heavy (non-hydrogen) atoms. The predicted octanol–water partition coefficient (Wildman–Crippen LogP) is 3.33. The Labute approximate surface area is 120 Å². The van der Waals surface area contributed by atoms with E-state index in [0.717, 1.165) is 23.4 Å². The maximum Gasteiger partial charge on any atom is 0.121 e. The summed E-state index contributed by atoms with van der Waals surface area (Å²) in [7, 11) is 1.90. The van der Waals surface area contributed by atoms with E-state index in [0.29, 0.717) is 5.92 Å². The molecule has 0 aliphatic heterocycles. The van der Waals surface area contributed by atoms with Gasteiger partial charge >= 0.3 is 0 Å². The van der Waals surface area contributed by atoms with Gasteiger partial charge in [0.1, 0.15) is 6.10 Å². The smallest absolute Gasteiger partial charge is 0.121 e. The zero-order valence-electron chi connectivity index (χ0n) is 12.2. The molecule has 1 aromatic heterocycles. The molecule has 3 rings (SSSR count). The molecule has 2 aromatic rings. The highest BCUT2D eigenvalue weighted by Gasteiger charge is 2.21. The van der Waals surface area contributed by atoms with Gasteiger partial charge in [0.15, 0.2) is 0 Å². The number of aromatic nitrogens is 2. The van der Waals surface area contributed by atoms with Gasteiger partial charge < -0.3 is 5.11 Å². The van der Waals surface area contributed by atoms with Crippen LogP contribution in [0.4, 0.5) is 0 Å². The first-order chi connectivity index (χ1) is 9.69. The number of benzene rings is 1. The summed E-state index contributed by atoms with van der Waals surface area (Å²) >= 11 is 0. The van der Waals surface area contributed by atoms with Gasteiger partial charge in [-0.25, -0.2) is 0 Å². The van der Waals surface area contributed by atoms with Crippen molar-refractivity contribution in [2.45, 2.75) is 44.6 Å². The molecule has 3 heteroatoms. The summed E-state index contributed by atoms with van der Waals surface area (Å²) < 4.78 is 1.79. The van der Waals surface area contributed by atoms with Gasteiger partial charge in [-0.3, -0.25) is 4.68 Å². The molecule has 0 amide bonds. The third-order valence-corrected chi connectivity index (χ3v) is 4.41. The van der Waals surface area contributed by atoms with E-state index in [2.05, 4.69) is 30.2 Å². The molecule has 3 nitrogen and oxygen atoms in total. The van der Waals surface area contributed by atoms with Gasteiger partial charge in [-0.15, -0.1) is 0 Å². The normalized spacial score (nSPS) is 16.9. The molecule has 0 bridgehead atoms. The van der Waals surface area contributed by atoms with Gasteiger partial charge in [0, 0.05) is 7.05 Å². The summed E-state index contributed by atoms with van der Waals surface area (Å²) in [6.07, 6.45) is 4.20. The predicted molar refractivity (Wildman–Crippen MR) is 79.7 cm³/mol. The van der Waals surface area contributed by atoms with E-state index in [1.54, 1.807) is 4.68 Å². The van der Waals surface area contributed by atoms with Gasteiger partial charge in [0.2, 0.25) is 0 Å². The maximum absolute atomic E-state index is 10.6. The van der Waals surface area contributed by atoms with E-state index in [1.807, 2.05) is 19.2 Å². The number of nitrogens with zero attached hydrogens (tertiary/aromatic N) is 2. The minimum atomic E-state index is -0.590. The Kier molecular flexibility index (Phi) is 3.62. The Hall–Kier alpha value is -1.61. The van der Waals surface area contributed by atoms with E-state index in [4.69, 9.17) is 0 Å². The van der Waals surface area contributed by atoms with Crippen LogP contribution in [-0.4, -0.2) is 14.9 Å². The second kappa shape index (κ2) is 5.41. The lowest BCUT2D eigenvalue weighted by Gasteiger charge is -2.26. The Balaban J connectivity index is 1.89. The van der Waals surface area contributed by atoms with Crippen LogP contribution >= 0.6 is 0 Å². The van der Waals surface area contributed by atoms with Crippen molar-refractivity contribution in [3.8, 4) is 0 Å². The zero-order valence-corrected chi connectivity index (χ0v) is 12.2. The molecule has 1 fully saturated rings. The third kappa shape index (κ3) is 2.38. The van der Waals surface area contributed by atoms with Gasteiger partial charge in [-0.1, -0.05) is 37.6 Å². The maximum atomic E-state index is 10.6. The molecular formula is C17H22N2O. The SMILES string of the molecule is CCc1cc(C(O)c2cccc(C3CCC3)c2)n(C)n1. The standard InChI is InChI=1S/C17H22N2O/c1-3-15-11-16(19(2)18-15)17(20)14-9-5-8-13(10-14)12-6-4-7-12/h5,8-12,17,20H,3-4,6-7H2,1-2H3. The highest BCUT2D eigenvalue weighted by Crippen LogP contribution is 2.37. The van der Waals surface area contributed by atoms with Crippen molar-refractivity contribution in [2.75, 3.05) is 0 Å². The van der Waals surface area contributed by atoms with Crippen molar-refractivity contribution >= 4 is 0 Å². The van der Waals surface area contributed by atoms with Crippen LogP contribution in [0.1, 0.15) is 60.7 Å². The van der Waals surface area contributed by atoms with Gasteiger partial charge in [-0.05, 0) is 42.4 Å². The third-order valence-electron chi connectivity index (χ3n) is 4.41. The lowest BCUT2D eigenvalue weighted by atomic mass is 9.79. The van der Waals surface area contributed by atoms with Crippen molar-refractivity contribution in [2.24, 2.45) is 7.05 Å². The van der Waals surface area contributed by atoms with Gasteiger partial charge in [-0.2, -0.15) is 5.10 Å². The minimum absolute atomic E-state index is 0.590. The summed E-state index contributed by atoms with van der Waals surface area (Å²) in [6, 6.07) is 10.4. The molecule has 1 saturated carbocycles. The summed E-state index contributed by atoms with van der Waals surface area (Å²) in [5.41, 5.74) is 4.23. The molecule has 1 aliphatic rings. The minimum Gasteiger partial charge on any atom is -0.382 e. The summed E-state index contributed by atoms with van der Waals surface area (Å²) in [4.78, 5) is 0. The Morgan fingerprint density at radius 2 is 2.15 bits per heavy atom. The first-order valence-corrected chi connectivity index (χ1v) is 7.49. The van der Waals surface area contributed by atoms with Crippen LogP contribution in [-0.2, 0) is 13.5 Å². The second-order valence-electron chi connectivity index (χ2n) is 5.74. The quantitative estimate of drug-likeness (QED) is 0.925. The lowest BCUT2D eigenvalue weighted by Crippen LogP contribution is -2.11. The fourth-order valence-corrected chi connectivity index (χ4v) is 2.87. The molecule has 106 valence electrons. The first kappa shape index (κ1) is 13.4. The number of aryl methyl sites for hydroxylation is 2. The van der Waals surface area contributed by atoms with E-state index < -0.39 is 6.10 Å². The molecule has 1 unspecified atom stereocenters. The van der Waals surface area contributed by atoms with Crippen LogP contribution in [0, 0.1) is 0 Å². The molecule has 1 heterocycles. The number of rotatable bonds is 4. The second-order valence-corrected chi connectivity index (χ2v) is 5.74. The number of aliphatic hydroxyl groups is 1.